The Morgan fingerprint density at radius 3 is 2.69 bits per heavy atom. The molecular weight excluding hydrogens is 368 g/mol. The molecule has 5 rings (SSSR count). The lowest BCUT2D eigenvalue weighted by molar-refractivity contribution is -0.129. The van der Waals surface area contributed by atoms with Crippen molar-refractivity contribution in [3.8, 4) is 11.1 Å². The summed E-state index contributed by atoms with van der Waals surface area (Å²) in [6.07, 6.45) is 7.77. The maximum atomic E-state index is 13.1. The Balaban J connectivity index is 1.43. The molecule has 1 saturated carbocycles. The number of rotatable bonds is 4. The second-order valence-electron chi connectivity index (χ2n) is 7.73. The molecule has 29 heavy (non-hydrogen) atoms. The molecule has 2 aliphatic rings. The third-order valence-corrected chi connectivity index (χ3v) is 5.93. The van der Waals surface area contributed by atoms with Gasteiger partial charge in [0.1, 0.15) is 12.1 Å². The number of carbonyl (C=O) groups excluding carboxylic acids is 2. The van der Waals surface area contributed by atoms with E-state index in [1.807, 2.05) is 35.2 Å². The maximum absolute atomic E-state index is 13.1. The molecule has 2 fully saturated rings. The third kappa shape index (κ3) is 3.24. The normalized spacial score (nSPS) is 19.9. The van der Waals surface area contributed by atoms with Gasteiger partial charge in [-0.2, -0.15) is 14.6 Å². The molecule has 1 aliphatic heterocycles. The van der Waals surface area contributed by atoms with Gasteiger partial charge < -0.3 is 10.2 Å². The lowest BCUT2D eigenvalue weighted by Gasteiger charge is -2.24. The topological polar surface area (TPSA) is 92.5 Å². The van der Waals surface area contributed by atoms with E-state index in [0.717, 1.165) is 36.8 Å². The minimum absolute atomic E-state index is 0.0842. The van der Waals surface area contributed by atoms with Crippen molar-refractivity contribution in [3.63, 3.8) is 0 Å². The zero-order chi connectivity index (χ0) is 19.8. The predicted molar refractivity (Wildman–Crippen MR) is 107 cm³/mol. The monoisotopic (exact) mass is 390 g/mol. The first-order valence-corrected chi connectivity index (χ1v) is 10.0. The Morgan fingerprint density at radius 2 is 1.90 bits per heavy atom. The van der Waals surface area contributed by atoms with Crippen molar-refractivity contribution in [2.45, 2.75) is 38.1 Å². The number of aromatic nitrogens is 4. The van der Waals surface area contributed by atoms with Gasteiger partial charge in [-0.3, -0.25) is 9.59 Å². The van der Waals surface area contributed by atoms with Crippen LogP contribution in [0.3, 0.4) is 0 Å². The summed E-state index contributed by atoms with van der Waals surface area (Å²) in [6, 6.07) is 10.0. The van der Waals surface area contributed by atoms with Crippen LogP contribution >= 0.6 is 0 Å². The molecule has 1 unspecified atom stereocenters. The summed E-state index contributed by atoms with van der Waals surface area (Å²) in [7, 11) is 0. The van der Waals surface area contributed by atoms with E-state index in [-0.39, 0.29) is 24.2 Å². The van der Waals surface area contributed by atoms with Crippen molar-refractivity contribution in [2.75, 3.05) is 11.9 Å². The van der Waals surface area contributed by atoms with Gasteiger partial charge in [0, 0.05) is 30.8 Å². The molecule has 0 bridgehead atoms. The molecule has 3 aromatic rings. The Labute approximate surface area is 168 Å². The highest BCUT2D eigenvalue weighted by Gasteiger charge is 2.39. The van der Waals surface area contributed by atoms with Crippen LogP contribution in [-0.4, -0.2) is 48.9 Å². The number of nitrogens with one attached hydrogen (secondary N) is 1. The number of anilines is 1. The van der Waals surface area contributed by atoms with Crippen molar-refractivity contribution in [3.05, 3.63) is 42.9 Å². The van der Waals surface area contributed by atoms with Gasteiger partial charge in [-0.1, -0.05) is 43.2 Å². The number of carbonyl (C=O) groups is 2. The van der Waals surface area contributed by atoms with Gasteiger partial charge in [-0.15, -0.1) is 0 Å². The standard InChI is InChI=1S/C21H22N6O2/c28-18-10-15(12-26(18)16-8-4-5-9-16)20(29)25-19-17(14-6-2-1-3-7-14)11-22-21-23-13-24-27(19)21/h1-3,6-7,11,13,15-16H,4-5,8-10,12H2,(H,25,29). The SMILES string of the molecule is O=C(Nc1c(-c2ccccc2)cnc2ncnn12)C1CC(=O)N(C2CCCC2)C1. The summed E-state index contributed by atoms with van der Waals surface area (Å²) >= 11 is 0. The number of fused-ring (bicyclic) bond motifs is 1. The largest absolute Gasteiger partial charge is 0.339 e. The van der Waals surface area contributed by atoms with Crippen LogP contribution in [0.1, 0.15) is 32.1 Å². The fourth-order valence-electron chi connectivity index (χ4n) is 4.42. The Morgan fingerprint density at radius 1 is 1.10 bits per heavy atom. The highest BCUT2D eigenvalue weighted by atomic mass is 16.2. The van der Waals surface area contributed by atoms with Gasteiger partial charge in [-0.25, -0.2) is 4.98 Å². The summed E-state index contributed by atoms with van der Waals surface area (Å²) in [6.45, 7) is 0.488. The zero-order valence-corrected chi connectivity index (χ0v) is 16.0. The summed E-state index contributed by atoms with van der Waals surface area (Å²) in [5.41, 5.74) is 1.68. The van der Waals surface area contributed by atoms with E-state index in [9.17, 15) is 9.59 Å². The average Bonchev–Trinajstić information content (AvgIpc) is 3.49. The number of hydrogen-bond acceptors (Lipinski definition) is 5. The summed E-state index contributed by atoms with van der Waals surface area (Å²) < 4.78 is 1.53. The zero-order valence-electron chi connectivity index (χ0n) is 16.0. The molecule has 1 atom stereocenters. The first-order valence-electron chi connectivity index (χ1n) is 10.0. The quantitative estimate of drug-likeness (QED) is 0.739. The number of hydrogen-bond donors (Lipinski definition) is 1. The summed E-state index contributed by atoms with van der Waals surface area (Å²) in [5, 5.41) is 7.24. The van der Waals surface area contributed by atoms with Crippen LogP contribution < -0.4 is 5.32 Å². The highest BCUT2D eigenvalue weighted by molar-refractivity contribution is 5.99. The van der Waals surface area contributed by atoms with Crippen LogP contribution in [0.25, 0.3) is 16.9 Å². The molecule has 8 heteroatoms. The first kappa shape index (κ1) is 17.8. The van der Waals surface area contributed by atoms with Gasteiger partial charge in [-0.05, 0) is 18.4 Å². The molecule has 0 radical (unpaired) electrons. The molecule has 1 aromatic carbocycles. The number of likely N-dealkylation sites (tertiary alicyclic amines) is 1. The van der Waals surface area contributed by atoms with Crippen molar-refractivity contribution in [1.82, 2.24) is 24.5 Å². The predicted octanol–water partition coefficient (Wildman–Crippen LogP) is 2.52. The minimum atomic E-state index is -0.363. The molecule has 1 saturated heterocycles. The molecule has 1 aliphatic carbocycles. The van der Waals surface area contributed by atoms with Crippen LogP contribution in [0.5, 0.6) is 0 Å². The number of nitrogens with zero attached hydrogens (tertiary/aromatic N) is 5. The smallest absolute Gasteiger partial charge is 0.254 e. The van der Waals surface area contributed by atoms with Crippen molar-refractivity contribution >= 4 is 23.4 Å². The average molecular weight is 390 g/mol. The van der Waals surface area contributed by atoms with E-state index in [0.29, 0.717) is 24.2 Å². The van der Waals surface area contributed by atoms with E-state index in [1.165, 1.54) is 10.8 Å². The molecule has 1 N–H and O–H groups in total. The van der Waals surface area contributed by atoms with Crippen LogP contribution in [0, 0.1) is 5.92 Å². The molecule has 2 aromatic heterocycles. The Kier molecular flexibility index (Phi) is 4.46. The first-order chi connectivity index (χ1) is 14.2. The molecule has 148 valence electrons. The van der Waals surface area contributed by atoms with Crippen molar-refractivity contribution in [1.29, 1.82) is 0 Å². The molecule has 8 nitrogen and oxygen atoms in total. The molecule has 3 heterocycles. The van der Waals surface area contributed by atoms with E-state index < -0.39 is 0 Å². The molecule has 2 amide bonds. The number of benzene rings is 1. The fourth-order valence-corrected chi connectivity index (χ4v) is 4.42. The minimum Gasteiger partial charge on any atom is -0.339 e. The van der Waals surface area contributed by atoms with E-state index >= 15 is 0 Å². The van der Waals surface area contributed by atoms with Crippen LogP contribution in [0.2, 0.25) is 0 Å². The van der Waals surface area contributed by atoms with Crippen molar-refractivity contribution in [2.24, 2.45) is 5.92 Å². The Hall–Kier alpha value is -3.29. The van der Waals surface area contributed by atoms with Gasteiger partial charge in [0.05, 0.1) is 5.92 Å². The van der Waals surface area contributed by atoms with Gasteiger partial charge in [0.15, 0.2) is 0 Å². The van der Waals surface area contributed by atoms with Crippen LogP contribution in [0.4, 0.5) is 5.82 Å². The maximum Gasteiger partial charge on any atom is 0.254 e. The lowest BCUT2D eigenvalue weighted by Crippen LogP contribution is -2.35. The third-order valence-electron chi connectivity index (χ3n) is 5.93. The van der Waals surface area contributed by atoms with Crippen LogP contribution in [0.15, 0.2) is 42.9 Å². The molecular formula is C21H22N6O2. The van der Waals surface area contributed by atoms with Gasteiger partial charge >= 0.3 is 0 Å². The van der Waals surface area contributed by atoms with Gasteiger partial charge in [0.25, 0.3) is 5.78 Å². The summed E-state index contributed by atoms with van der Waals surface area (Å²) in [5.74, 6) is 0.490. The fraction of sp³-hybridized carbons (Fsp3) is 0.381. The second kappa shape index (κ2) is 7.27. The van der Waals surface area contributed by atoms with Crippen LogP contribution in [-0.2, 0) is 9.59 Å². The summed E-state index contributed by atoms with van der Waals surface area (Å²) in [4.78, 5) is 36.0. The van der Waals surface area contributed by atoms with Gasteiger partial charge in [0.2, 0.25) is 11.8 Å². The number of amides is 2. The Bertz CT molecular complexity index is 1060. The molecule has 0 spiro atoms. The van der Waals surface area contributed by atoms with E-state index in [4.69, 9.17) is 0 Å². The van der Waals surface area contributed by atoms with E-state index in [2.05, 4.69) is 20.4 Å². The lowest BCUT2D eigenvalue weighted by atomic mass is 10.1. The second-order valence-corrected chi connectivity index (χ2v) is 7.73. The highest BCUT2D eigenvalue weighted by Crippen LogP contribution is 2.31. The van der Waals surface area contributed by atoms with Crippen molar-refractivity contribution < 1.29 is 9.59 Å². The van der Waals surface area contributed by atoms with E-state index in [1.54, 1.807) is 6.20 Å².